The summed E-state index contributed by atoms with van der Waals surface area (Å²) in [6.07, 6.45) is -3.08. The van der Waals surface area contributed by atoms with Gasteiger partial charge < -0.3 is 4.74 Å². The molecular formula is C19H22F3N3O2S. The standard InChI is InChI=1S/C18H18F3N3O2S.CH4/c1-3-4-9-27(25)17-11-16-22-14(12-5-7-13(26-2)8-6-12)10-15(18(19,20)21)24(16)23-17;/h5-8,10-11H,3-4,9H2,1-2H3;1H4. The van der Waals surface area contributed by atoms with Gasteiger partial charge in [-0.3, -0.25) is 4.21 Å². The first-order chi connectivity index (χ1) is 12.8. The summed E-state index contributed by atoms with van der Waals surface area (Å²) >= 11 is 0. The summed E-state index contributed by atoms with van der Waals surface area (Å²) < 4.78 is 58.7. The molecule has 1 aromatic carbocycles. The lowest BCUT2D eigenvalue weighted by Gasteiger charge is -2.11. The Hall–Kier alpha value is -2.42. The molecule has 0 N–H and O–H groups in total. The first-order valence-electron chi connectivity index (χ1n) is 8.34. The van der Waals surface area contributed by atoms with E-state index in [-0.39, 0.29) is 23.8 Å². The van der Waals surface area contributed by atoms with Gasteiger partial charge in [-0.05, 0) is 36.8 Å². The van der Waals surface area contributed by atoms with Gasteiger partial charge in [0.05, 0.1) is 23.6 Å². The van der Waals surface area contributed by atoms with Crippen molar-refractivity contribution in [3.63, 3.8) is 0 Å². The Balaban J connectivity index is 0.00000280. The minimum Gasteiger partial charge on any atom is -0.497 e. The molecule has 0 spiro atoms. The van der Waals surface area contributed by atoms with Gasteiger partial charge in [-0.1, -0.05) is 20.8 Å². The molecule has 2 heterocycles. The molecule has 0 aliphatic carbocycles. The summed E-state index contributed by atoms with van der Waals surface area (Å²) in [5, 5.41) is 4.01. The van der Waals surface area contributed by atoms with Crippen LogP contribution >= 0.6 is 0 Å². The Morgan fingerprint density at radius 2 is 1.86 bits per heavy atom. The molecule has 0 bridgehead atoms. The maximum Gasteiger partial charge on any atom is 0.433 e. The highest BCUT2D eigenvalue weighted by atomic mass is 32.2. The van der Waals surface area contributed by atoms with Gasteiger partial charge in [0.25, 0.3) is 0 Å². The number of nitrogens with zero attached hydrogens (tertiary/aromatic N) is 3. The summed E-state index contributed by atoms with van der Waals surface area (Å²) in [7, 11) is 0.0452. The zero-order valence-corrected chi connectivity index (χ0v) is 15.6. The number of alkyl halides is 3. The zero-order valence-electron chi connectivity index (χ0n) is 14.8. The van der Waals surface area contributed by atoms with Crippen molar-refractivity contribution >= 4 is 16.4 Å². The maximum absolute atomic E-state index is 13.6. The molecule has 1 atom stereocenters. The number of aromatic nitrogens is 3. The van der Waals surface area contributed by atoms with Crippen molar-refractivity contribution in [2.75, 3.05) is 12.9 Å². The van der Waals surface area contributed by atoms with Crippen LogP contribution in [-0.4, -0.2) is 31.7 Å². The van der Waals surface area contributed by atoms with Crippen molar-refractivity contribution in [3.05, 3.63) is 42.1 Å². The molecule has 0 aliphatic rings. The summed E-state index contributed by atoms with van der Waals surface area (Å²) in [5.41, 5.74) is -0.283. The SMILES string of the molecule is C.CCCCS(=O)c1cc2nc(-c3ccc(OC)cc3)cc(C(F)(F)F)n2n1. The van der Waals surface area contributed by atoms with Gasteiger partial charge in [0.1, 0.15) is 5.75 Å². The number of hydrogen-bond donors (Lipinski definition) is 0. The number of hydrogen-bond acceptors (Lipinski definition) is 4. The molecule has 1 unspecified atom stereocenters. The van der Waals surface area contributed by atoms with Crippen LogP contribution < -0.4 is 4.74 Å². The summed E-state index contributed by atoms with van der Waals surface area (Å²) in [4.78, 5) is 4.28. The molecule has 28 heavy (non-hydrogen) atoms. The minimum atomic E-state index is -4.63. The fraction of sp³-hybridized carbons (Fsp3) is 0.368. The van der Waals surface area contributed by atoms with Gasteiger partial charge in [0, 0.05) is 17.4 Å². The largest absolute Gasteiger partial charge is 0.497 e. The zero-order chi connectivity index (χ0) is 19.6. The van der Waals surface area contributed by atoms with Crippen LogP contribution in [0.5, 0.6) is 5.75 Å². The molecule has 152 valence electrons. The van der Waals surface area contributed by atoms with Crippen molar-refractivity contribution in [1.82, 2.24) is 14.6 Å². The van der Waals surface area contributed by atoms with Crippen molar-refractivity contribution < 1.29 is 22.1 Å². The molecule has 0 saturated carbocycles. The molecule has 3 aromatic rings. The summed E-state index contributed by atoms with van der Waals surface area (Å²) in [6.45, 7) is 1.95. The molecule has 0 saturated heterocycles. The van der Waals surface area contributed by atoms with Gasteiger partial charge >= 0.3 is 6.18 Å². The fourth-order valence-electron chi connectivity index (χ4n) is 2.56. The number of benzene rings is 1. The maximum atomic E-state index is 13.6. The van der Waals surface area contributed by atoms with Crippen LogP contribution in [0, 0.1) is 0 Å². The lowest BCUT2D eigenvalue weighted by Crippen LogP contribution is -2.14. The van der Waals surface area contributed by atoms with E-state index in [1.165, 1.54) is 13.2 Å². The third-order valence-corrected chi connectivity index (χ3v) is 5.32. The Bertz CT molecular complexity index is 969. The Kier molecular flexibility index (Phi) is 6.82. The summed E-state index contributed by atoms with van der Waals surface area (Å²) in [5.74, 6) is 0.946. The first kappa shape index (κ1) is 21.9. The van der Waals surface area contributed by atoms with E-state index in [0.717, 1.165) is 12.5 Å². The smallest absolute Gasteiger partial charge is 0.433 e. The van der Waals surface area contributed by atoms with Gasteiger partial charge in [0.15, 0.2) is 16.4 Å². The highest BCUT2D eigenvalue weighted by Crippen LogP contribution is 2.33. The van der Waals surface area contributed by atoms with E-state index in [2.05, 4.69) is 10.1 Å². The molecule has 0 amide bonds. The van der Waals surface area contributed by atoms with Crippen LogP contribution in [0.3, 0.4) is 0 Å². The highest BCUT2D eigenvalue weighted by Gasteiger charge is 2.35. The molecule has 3 rings (SSSR count). The van der Waals surface area contributed by atoms with Crippen molar-refractivity contribution in [2.24, 2.45) is 0 Å². The first-order valence-corrected chi connectivity index (χ1v) is 9.66. The molecular weight excluding hydrogens is 391 g/mol. The second kappa shape index (κ2) is 8.72. The topological polar surface area (TPSA) is 56.5 Å². The lowest BCUT2D eigenvalue weighted by atomic mass is 10.1. The molecule has 0 aliphatic heterocycles. The Morgan fingerprint density at radius 1 is 1.18 bits per heavy atom. The van der Waals surface area contributed by atoms with Gasteiger partial charge in [-0.15, -0.1) is 0 Å². The third kappa shape index (κ3) is 4.52. The third-order valence-electron chi connectivity index (χ3n) is 4.00. The van der Waals surface area contributed by atoms with Crippen LogP contribution in [0.25, 0.3) is 16.9 Å². The molecule has 9 heteroatoms. The van der Waals surface area contributed by atoms with E-state index in [1.807, 2.05) is 6.92 Å². The number of unbranched alkanes of at least 4 members (excludes halogenated alkanes) is 1. The summed E-state index contributed by atoms with van der Waals surface area (Å²) in [6, 6.07) is 8.86. The Labute approximate surface area is 164 Å². The average Bonchev–Trinajstić information content (AvgIpc) is 3.08. The van der Waals surface area contributed by atoms with Crippen LogP contribution in [0.4, 0.5) is 13.2 Å². The number of methoxy groups -OCH3 is 1. The van der Waals surface area contributed by atoms with Crippen molar-refractivity contribution in [1.29, 1.82) is 0 Å². The minimum absolute atomic E-state index is 0. The predicted molar refractivity (Wildman–Crippen MR) is 103 cm³/mol. The molecule has 0 fully saturated rings. The quantitative estimate of drug-likeness (QED) is 0.573. The van der Waals surface area contributed by atoms with E-state index in [0.29, 0.717) is 28.0 Å². The van der Waals surface area contributed by atoms with E-state index in [1.54, 1.807) is 24.3 Å². The second-order valence-electron chi connectivity index (χ2n) is 5.91. The van der Waals surface area contributed by atoms with Crippen molar-refractivity contribution in [2.45, 2.75) is 38.4 Å². The van der Waals surface area contributed by atoms with E-state index in [4.69, 9.17) is 4.74 Å². The number of ether oxygens (including phenoxy) is 1. The average molecular weight is 413 g/mol. The van der Waals surface area contributed by atoms with E-state index < -0.39 is 22.7 Å². The van der Waals surface area contributed by atoms with E-state index in [9.17, 15) is 17.4 Å². The monoisotopic (exact) mass is 413 g/mol. The highest BCUT2D eigenvalue weighted by molar-refractivity contribution is 7.84. The van der Waals surface area contributed by atoms with Gasteiger partial charge in [0.2, 0.25) is 0 Å². The predicted octanol–water partition coefficient (Wildman–Crippen LogP) is 4.97. The van der Waals surface area contributed by atoms with Crippen LogP contribution in [-0.2, 0) is 17.0 Å². The molecule has 2 aromatic heterocycles. The number of fused-ring (bicyclic) bond motifs is 1. The molecule has 0 radical (unpaired) electrons. The van der Waals surface area contributed by atoms with E-state index >= 15 is 0 Å². The van der Waals surface area contributed by atoms with Gasteiger partial charge in [-0.25, -0.2) is 9.50 Å². The van der Waals surface area contributed by atoms with Crippen LogP contribution in [0.1, 0.15) is 32.9 Å². The second-order valence-corrected chi connectivity index (χ2v) is 7.43. The fourth-order valence-corrected chi connectivity index (χ4v) is 3.73. The lowest BCUT2D eigenvalue weighted by molar-refractivity contribution is -0.142. The molecule has 5 nitrogen and oxygen atoms in total. The normalized spacial score (nSPS) is 12.6. The number of halogens is 3. The number of rotatable bonds is 6. The van der Waals surface area contributed by atoms with Gasteiger partial charge in [-0.2, -0.15) is 18.3 Å². The van der Waals surface area contributed by atoms with Crippen LogP contribution in [0.2, 0.25) is 0 Å². The Morgan fingerprint density at radius 3 is 2.43 bits per heavy atom. The van der Waals surface area contributed by atoms with Crippen LogP contribution in [0.15, 0.2) is 41.4 Å². The van der Waals surface area contributed by atoms with Crippen molar-refractivity contribution in [3.8, 4) is 17.0 Å².